The van der Waals surface area contributed by atoms with Crippen molar-refractivity contribution in [3.63, 3.8) is 0 Å². The Morgan fingerprint density at radius 2 is 2.14 bits per heavy atom. The highest BCUT2D eigenvalue weighted by atomic mass is 35.5. The minimum absolute atomic E-state index is 0. The van der Waals surface area contributed by atoms with Crippen LogP contribution in [0.15, 0.2) is 12.4 Å². The van der Waals surface area contributed by atoms with E-state index in [1.54, 1.807) is 10.9 Å². The Balaban J connectivity index is 0.00000220. The molecule has 1 fully saturated rings. The molecule has 1 saturated carbocycles. The lowest BCUT2D eigenvalue weighted by atomic mass is 9.89. The highest BCUT2D eigenvalue weighted by Crippen LogP contribution is 2.25. The van der Waals surface area contributed by atoms with Crippen LogP contribution in [-0.2, 0) is 11.8 Å². The van der Waals surface area contributed by atoms with Crippen molar-refractivity contribution in [1.29, 1.82) is 0 Å². The van der Waals surface area contributed by atoms with E-state index in [0.717, 1.165) is 12.1 Å². The van der Waals surface area contributed by atoms with Crippen LogP contribution in [0.5, 0.6) is 0 Å². The van der Waals surface area contributed by atoms with Gasteiger partial charge in [0, 0.05) is 32.4 Å². The summed E-state index contributed by atoms with van der Waals surface area (Å²) in [5.41, 5.74) is 0.926. The molecular weight excluding hydrogens is 288 g/mol. The van der Waals surface area contributed by atoms with Crippen molar-refractivity contribution in [1.82, 2.24) is 20.0 Å². The maximum Gasteiger partial charge on any atom is 0.244 e. The van der Waals surface area contributed by atoms with Gasteiger partial charge in [0.1, 0.15) is 6.04 Å². The summed E-state index contributed by atoms with van der Waals surface area (Å²) in [6.07, 6.45) is 10.1. The van der Waals surface area contributed by atoms with Crippen LogP contribution in [0.4, 0.5) is 0 Å². The van der Waals surface area contributed by atoms with Gasteiger partial charge in [0.05, 0.1) is 6.20 Å². The zero-order chi connectivity index (χ0) is 14.5. The number of nitrogens with one attached hydrogen (secondary N) is 1. The van der Waals surface area contributed by atoms with Crippen molar-refractivity contribution < 1.29 is 4.79 Å². The number of carbonyl (C=O) groups excluding carboxylic acids is 1. The Hall–Kier alpha value is -1.07. The van der Waals surface area contributed by atoms with E-state index < -0.39 is 0 Å². The fraction of sp³-hybridized carbons (Fsp3) is 0.733. The first-order valence-electron chi connectivity index (χ1n) is 7.52. The molecule has 0 bridgehead atoms. The monoisotopic (exact) mass is 314 g/mol. The molecule has 1 heterocycles. The predicted molar refractivity (Wildman–Crippen MR) is 86.5 cm³/mol. The van der Waals surface area contributed by atoms with Gasteiger partial charge < -0.3 is 10.2 Å². The van der Waals surface area contributed by atoms with Gasteiger partial charge in [-0.05, 0) is 25.8 Å². The van der Waals surface area contributed by atoms with E-state index in [-0.39, 0.29) is 24.4 Å². The van der Waals surface area contributed by atoms with Gasteiger partial charge in [0.25, 0.3) is 0 Å². The molecule has 2 rings (SSSR count). The number of nitrogens with zero attached hydrogens (tertiary/aromatic N) is 3. The fourth-order valence-electron chi connectivity index (χ4n) is 3.09. The molecule has 21 heavy (non-hydrogen) atoms. The first-order valence-corrected chi connectivity index (χ1v) is 7.52. The molecule has 120 valence electrons. The summed E-state index contributed by atoms with van der Waals surface area (Å²) in [6, 6.07) is -0.294. The summed E-state index contributed by atoms with van der Waals surface area (Å²) < 4.78 is 1.73. The van der Waals surface area contributed by atoms with Crippen molar-refractivity contribution in [3.05, 3.63) is 18.0 Å². The number of likely N-dealkylation sites (N-methyl/N-ethyl adjacent to an activating group) is 2. The molecule has 6 heteroatoms. The lowest BCUT2D eigenvalue weighted by molar-refractivity contribution is -0.132. The molecule has 1 N–H and O–H groups in total. The standard InChI is InChI=1S/C15H26N4O.ClH/c1-16-14(13-9-17-19(3)11-13)15(20)18(2)10-12-7-5-4-6-8-12;/h9,11-12,14,16H,4-8,10H2,1-3H3;1H. The van der Waals surface area contributed by atoms with Crippen molar-refractivity contribution in [2.24, 2.45) is 13.0 Å². The molecule has 0 aliphatic heterocycles. The van der Waals surface area contributed by atoms with Crippen molar-refractivity contribution in [2.45, 2.75) is 38.1 Å². The zero-order valence-electron chi connectivity index (χ0n) is 13.2. The van der Waals surface area contributed by atoms with Crippen LogP contribution in [0.25, 0.3) is 0 Å². The Kier molecular flexibility index (Phi) is 7.18. The molecule has 1 atom stereocenters. The van der Waals surface area contributed by atoms with Crippen LogP contribution in [0, 0.1) is 5.92 Å². The van der Waals surface area contributed by atoms with Gasteiger partial charge in [-0.2, -0.15) is 5.10 Å². The summed E-state index contributed by atoms with van der Waals surface area (Å²) in [5.74, 6) is 0.801. The molecule has 1 aromatic heterocycles. The van der Waals surface area contributed by atoms with Crippen molar-refractivity contribution >= 4 is 18.3 Å². The minimum atomic E-state index is -0.294. The van der Waals surface area contributed by atoms with E-state index in [9.17, 15) is 4.79 Å². The summed E-state index contributed by atoms with van der Waals surface area (Å²) in [4.78, 5) is 14.5. The van der Waals surface area contributed by atoms with Gasteiger partial charge in [-0.1, -0.05) is 19.3 Å². The average Bonchev–Trinajstić information content (AvgIpc) is 2.87. The minimum Gasteiger partial charge on any atom is -0.344 e. The highest BCUT2D eigenvalue weighted by molar-refractivity contribution is 5.85. The molecule has 5 nitrogen and oxygen atoms in total. The van der Waals surface area contributed by atoms with E-state index in [4.69, 9.17) is 0 Å². The van der Waals surface area contributed by atoms with E-state index in [1.165, 1.54) is 32.1 Å². The predicted octanol–water partition coefficient (Wildman–Crippen LogP) is 2.14. The summed E-state index contributed by atoms with van der Waals surface area (Å²) in [7, 11) is 5.61. The van der Waals surface area contributed by atoms with Crippen LogP contribution in [0.1, 0.15) is 43.7 Å². The lowest BCUT2D eigenvalue weighted by Crippen LogP contribution is -2.40. The zero-order valence-corrected chi connectivity index (χ0v) is 14.0. The second-order valence-electron chi connectivity index (χ2n) is 5.89. The number of aryl methyl sites for hydroxylation is 1. The molecule has 1 aromatic rings. The van der Waals surface area contributed by atoms with Crippen LogP contribution in [-0.4, -0.2) is 41.2 Å². The Labute approximate surface area is 133 Å². The van der Waals surface area contributed by atoms with Gasteiger partial charge in [0.15, 0.2) is 0 Å². The number of hydrogen-bond donors (Lipinski definition) is 1. The first kappa shape index (κ1) is 18.0. The largest absolute Gasteiger partial charge is 0.344 e. The molecule has 1 aliphatic carbocycles. The van der Waals surface area contributed by atoms with Crippen LogP contribution >= 0.6 is 12.4 Å². The Morgan fingerprint density at radius 1 is 1.48 bits per heavy atom. The van der Waals surface area contributed by atoms with E-state index in [1.807, 2.05) is 32.2 Å². The van der Waals surface area contributed by atoms with Crippen LogP contribution in [0.2, 0.25) is 0 Å². The molecule has 1 aliphatic rings. The molecule has 1 amide bonds. The summed E-state index contributed by atoms with van der Waals surface area (Å²) in [6.45, 7) is 0.872. The fourth-order valence-corrected chi connectivity index (χ4v) is 3.09. The topological polar surface area (TPSA) is 50.2 Å². The number of carbonyl (C=O) groups is 1. The molecule has 0 saturated heterocycles. The van der Waals surface area contributed by atoms with Crippen LogP contribution in [0.3, 0.4) is 0 Å². The number of halogens is 1. The third-order valence-electron chi connectivity index (χ3n) is 4.23. The van der Waals surface area contributed by atoms with Gasteiger partial charge in [-0.3, -0.25) is 9.48 Å². The van der Waals surface area contributed by atoms with Crippen molar-refractivity contribution in [2.75, 3.05) is 20.6 Å². The van der Waals surface area contributed by atoms with Gasteiger partial charge in [-0.15, -0.1) is 12.4 Å². The summed E-state index contributed by atoms with van der Waals surface area (Å²) >= 11 is 0. The van der Waals surface area contributed by atoms with E-state index in [0.29, 0.717) is 5.92 Å². The molecule has 1 unspecified atom stereocenters. The number of rotatable bonds is 5. The third-order valence-corrected chi connectivity index (χ3v) is 4.23. The quantitative estimate of drug-likeness (QED) is 0.906. The van der Waals surface area contributed by atoms with Gasteiger partial charge in [0.2, 0.25) is 5.91 Å². The lowest BCUT2D eigenvalue weighted by Gasteiger charge is -2.29. The smallest absolute Gasteiger partial charge is 0.244 e. The second kappa shape index (κ2) is 8.39. The molecule has 0 spiro atoms. The van der Waals surface area contributed by atoms with Crippen LogP contribution < -0.4 is 5.32 Å². The van der Waals surface area contributed by atoms with E-state index >= 15 is 0 Å². The Bertz CT molecular complexity index is 443. The maximum atomic E-state index is 12.6. The molecular formula is C15H27ClN4O. The maximum absolute atomic E-state index is 12.6. The average molecular weight is 315 g/mol. The highest BCUT2D eigenvalue weighted by Gasteiger charge is 2.25. The van der Waals surface area contributed by atoms with Gasteiger partial charge >= 0.3 is 0 Å². The molecule has 0 radical (unpaired) electrons. The second-order valence-corrected chi connectivity index (χ2v) is 5.89. The number of aromatic nitrogens is 2. The number of amides is 1. The third kappa shape index (κ3) is 4.71. The normalized spacial score (nSPS) is 17.1. The summed E-state index contributed by atoms with van der Waals surface area (Å²) in [5, 5.41) is 7.25. The first-order chi connectivity index (χ1) is 9.61. The number of hydrogen-bond acceptors (Lipinski definition) is 3. The van der Waals surface area contributed by atoms with Crippen molar-refractivity contribution in [3.8, 4) is 0 Å². The SMILES string of the molecule is CNC(C(=O)N(C)CC1CCCCC1)c1cnn(C)c1.Cl. The van der Waals surface area contributed by atoms with Gasteiger partial charge in [-0.25, -0.2) is 0 Å². The molecule has 0 aromatic carbocycles. The van der Waals surface area contributed by atoms with E-state index in [2.05, 4.69) is 10.4 Å². The Morgan fingerprint density at radius 3 is 2.67 bits per heavy atom.